The fourth-order valence-electron chi connectivity index (χ4n) is 0.580. The molecule has 0 saturated carbocycles. The van der Waals surface area contributed by atoms with E-state index in [4.69, 9.17) is 0 Å². The molecule has 0 bridgehead atoms. The molecule has 0 aromatic heterocycles. The number of hydrogen-bond donors (Lipinski definition) is 0. The first-order valence-corrected chi connectivity index (χ1v) is 2.69. The minimum atomic E-state index is -0.788. The molecule has 1 rings (SSSR count). The Morgan fingerprint density at radius 3 is 2.78 bits per heavy atom. The van der Waals surface area contributed by atoms with Gasteiger partial charge in [-0.15, -0.1) is 0 Å². The van der Waals surface area contributed by atoms with E-state index in [2.05, 4.69) is 0 Å². The molecule has 0 aliphatic heterocycles. The first-order chi connectivity index (χ1) is 4.30. The van der Waals surface area contributed by atoms with Crippen LogP contribution >= 0.6 is 0 Å². The summed E-state index contributed by atoms with van der Waals surface area (Å²) in [5.74, 6) is -1.55. The monoisotopic (exact) mass is 128 g/mol. The van der Waals surface area contributed by atoms with Crippen molar-refractivity contribution in [2.24, 2.45) is 0 Å². The molecule has 1 aliphatic rings. The molecular weight excluding hydrogens is 122 g/mol. The van der Waals surface area contributed by atoms with Crippen molar-refractivity contribution in [2.75, 3.05) is 0 Å². The average Bonchev–Trinajstić information content (AvgIpc) is 1.99. The molecule has 0 amide bonds. The molecule has 1 aliphatic carbocycles. The van der Waals surface area contributed by atoms with Crippen LogP contribution in [-0.2, 0) is 0 Å². The molecule has 0 heterocycles. The lowest BCUT2D eigenvalue weighted by atomic mass is 10.4. The Hall–Kier alpha value is -0.920. The van der Waals surface area contributed by atoms with Crippen molar-refractivity contribution in [3.8, 4) is 0 Å². The Bertz CT molecular complexity index is 187. The van der Waals surface area contributed by atoms with E-state index in [-0.39, 0.29) is 0 Å². The van der Waals surface area contributed by atoms with E-state index in [1.54, 1.807) is 6.08 Å². The predicted molar refractivity (Wildman–Crippen MR) is 32.1 cm³/mol. The van der Waals surface area contributed by atoms with Crippen molar-refractivity contribution in [1.82, 2.24) is 0 Å². The largest absolute Gasteiger partial charge is 0.204 e. The molecule has 0 aromatic carbocycles. The summed E-state index contributed by atoms with van der Waals surface area (Å²) in [7, 11) is 0. The maximum atomic E-state index is 12.2. The Morgan fingerprint density at radius 1 is 1.22 bits per heavy atom. The van der Waals surface area contributed by atoms with E-state index < -0.39 is 11.7 Å². The summed E-state index contributed by atoms with van der Waals surface area (Å²) in [6.45, 7) is 0. The molecule has 0 nitrogen and oxygen atoms in total. The van der Waals surface area contributed by atoms with Gasteiger partial charge in [-0.25, -0.2) is 8.78 Å². The number of hydrogen-bond acceptors (Lipinski definition) is 0. The van der Waals surface area contributed by atoms with Crippen LogP contribution < -0.4 is 0 Å². The van der Waals surface area contributed by atoms with Gasteiger partial charge in [0.1, 0.15) is 0 Å². The normalized spacial score (nSPS) is 18.4. The van der Waals surface area contributed by atoms with Gasteiger partial charge in [0.25, 0.3) is 0 Å². The van der Waals surface area contributed by atoms with Crippen LogP contribution in [0.5, 0.6) is 0 Å². The lowest BCUT2D eigenvalue weighted by molar-refractivity contribution is 0.544. The molecule has 0 spiro atoms. The third kappa shape index (κ3) is 1.49. The van der Waals surface area contributed by atoms with Crippen molar-refractivity contribution in [1.29, 1.82) is 0 Å². The second kappa shape index (κ2) is 2.58. The third-order valence-corrected chi connectivity index (χ3v) is 1.04. The first kappa shape index (κ1) is 6.20. The standard InChI is InChI=1S/C7H6F2/c8-6-4-2-1-3-5-7(6)9/h1-2,4-5H,3H2. The van der Waals surface area contributed by atoms with Crippen molar-refractivity contribution >= 4 is 0 Å². The lowest BCUT2D eigenvalue weighted by Crippen LogP contribution is -1.70. The average molecular weight is 128 g/mol. The fourth-order valence-corrected chi connectivity index (χ4v) is 0.580. The van der Waals surface area contributed by atoms with Gasteiger partial charge >= 0.3 is 0 Å². The molecule has 2 heteroatoms. The predicted octanol–water partition coefficient (Wildman–Crippen LogP) is 2.65. The zero-order valence-corrected chi connectivity index (χ0v) is 4.77. The first-order valence-electron chi connectivity index (χ1n) is 2.69. The van der Waals surface area contributed by atoms with Gasteiger partial charge in [0.15, 0.2) is 11.7 Å². The van der Waals surface area contributed by atoms with Gasteiger partial charge in [-0.1, -0.05) is 12.2 Å². The summed E-state index contributed by atoms with van der Waals surface area (Å²) in [6.07, 6.45) is 5.97. The second-order valence-electron chi connectivity index (χ2n) is 1.73. The summed E-state index contributed by atoms with van der Waals surface area (Å²) in [4.78, 5) is 0. The highest BCUT2D eigenvalue weighted by molar-refractivity contribution is 5.26. The lowest BCUT2D eigenvalue weighted by Gasteiger charge is -1.85. The summed E-state index contributed by atoms with van der Waals surface area (Å²) in [5.41, 5.74) is 0. The van der Waals surface area contributed by atoms with E-state index >= 15 is 0 Å². The van der Waals surface area contributed by atoms with Crippen LogP contribution in [-0.4, -0.2) is 0 Å². The Morgan fingerprint density at radius 2 is 2.00 bits per heavy atom. The minimum absolute atomic E-state index is 0.468. The quantitative estimate of drug-likeness (QED) is 0.470. The molecule has 0 fully saturated rings. The SMILES string of the molecule is FC1=CC=CCC=C1F. The highest BCUT2D eigenvalue weighted by Crippen LogP contribution is 2.15. The summed E-state index contributed by atoms with van der Waals surface area (Å²) < 4.78 is 24.4. The number of rotatable bonds is 0. The zero-order valence-electron chi connectivity index (χ0n) is 4.77. The molecule has 9 heavy (non-hydrogen) atoms. The summed E-state index contributed by atoms with van der Waals surface area (Å²) in [5, 5.41) is 0. The van der Waals surface area contributed by atoms with Crippen molar-refractivity contribution in [3.05, 3.63) is 36.0 Å². The third-order valence-electron chi connectivity index (χ3n) is 1.04. The van der Waals surface area contributed by atoms with Crippen LogP contribution in [0.25, 0.3) is 0 Å². The van der Waals surface area contributed by atoms with Crippen LogP contribution in [0, 0.1) is 0 Å². The van der Waals surface area contributed by atoms with Crippen LogP contribution in [0.1, 0.15) is 6.42 Å². The van der Waals surface area contributed by atoms with Crippen LogP contribution in [0.4, 0.5) is 8.78 Å². The number of halogens is 2. The van der Waals surface area contributed by atoms with Crippen molar-refractivity contribution in [3.63, 3.8) is 0 Å². The van der Waals surface area contributed by atoms with Gasteiger partial charge in [-0.05, 0) is 18.6 Å². The van der Waals surface area contributed by atoms with Gasteiger partial charge in [-0.3, -0.25) is 0 Å². The minimum Gasteiger partial charge on any atom is -0.204 e. The van der Waals surface area contributed by atoms with E-state index in [9.17, 15) is 8.78 Å². The Labute approximate surface area is 52.2 Å². The molecule has 0 aromatic rings. The highest BCUT2D eigenvalue weighted by Gasteiger charge is 2.01. The van der Waals surface area contributed by atoms with E-state index in [0.29, 0.717) is 6.42 Å². The van der Waals surface area contributed by atoms with Crippen LogP contribution in [0.3, 0.4) is 0 Å². The molecule has 0 atom stereocenters. The maximum absolute atomic E-state index is 12.2. The summed E-state index contributed by atoms with van der Waals surface area (Å²) >= 11 is 0. The Balaban J connectivity index is 2.85. The van der Waals surface area contributed by atoms with Gasteiger partial charge in [0.05, 0.1) is 0 Å². The fraction of sp³-hybridized carbons (Fsp3) is 0.143. The Kier molecular flexibility index (Phi) is 1.78. The molecule has 0 unspecified atom stereocenters. The van der Waals surface area contributed by atoms with Gasteiger partial charge < -0.3 is 0 Å². The van der Waals surface area contributed by atoms with Crippen molar-refractivity contribution < 1.29 is 8.78 Å². The van der Waals surface area contributed by atoms with Crippen molar-refractivity contribution in [2.45, 2.75) is 6.42 Å². The van der Waals surface area contributed by atoms with Gasteiger partial charge in [0.2, 0.25) is 0 Å². The molecule has 0 radical (unpaired) electrons. The van der Waals surface area contributed by atoms with E-state index in [1.807, 2.05) is 0 Å². The zero-order chi connectivity index (χ0) is 6.69. The maximum Gasteiger partial charge on any atom is 0.158 e. The number of allylic oxidation sites excluding steroid dienone is 6. The van der Waals surface area contributed by atoms with Crippen LogP contribution in [0.2, 0.25) is 0 Å². The summed E-state index contributed by atoms with van der Waals surface area (Å²) in [6, 6.07) is 0. The highest BCUT2D eigenvalue weighted by atomic mass is 19.2. The van der Waals surface area contributed by atoms with Gasteiger partial charge in [-0.2, -0.15) is 0 Å². The molecule has 0 N–H and O–H groups in total. The molecule has 48 valence electrons. The van der Waals surface area contributed by atoms with Crippen LogP contribution in [0.15, 0.2) is 36.0 Å². The van der Waals surface area contributed by atoms with Gasteiger partial charge in [0, 0.05) is 0 Å². The van der Waals surface area contributed by atoms with E-state index in [1.165, 1.54) is 12.2 Å². The topological polar surface area (TPSA) is 0 Å². The van der Waals surface area contributed by atoms with E-state index in [0.717, 1.165) is 6.08 Å². The molecule has 0 saturated heterocycles. The smallest absolute Gasteiger partial charge is 0.158 e. The second-order valence-corrected chi connectivity index (χ2v) is 1.73. The molecular formula is C7H6F2.